The molecule has 0 aliphatic rings. The Labute approximate surface area is 136 Å². The third-order valence-electron chi connectivity index (χ3n) is 4.25. The fourth-order valence-electron chi connectivity index (χ4n) is 3.45. The summed E-state index contributed by atoms with van der Waals surface area (Å²) in [5, 5.41) is 1.50. The van der Waals surface area contributed by atoms with Gasteiger partial charge in [0.2, 0.25) is 0 Å². The van der Waals surface area contributed by atoms with E-state index < -0.39 is 7.41 Å². The second-order valence-corrected chi connectivity index (χ2v) is 10.6. The number of hydrogen-bond donors (Lipinski definition) is 0. The summed E-state index contributed by atoms with van der Waals surface area (Å²) < 4.78 is 2.72. The Bertz CT molecular complexity index is 574. The highest BCUT2D eigenvalue weighted by atomic mass is 31.2. The number of nitrogens with zero attached hydrogens (tertiary/aromatic N) is 1. The molecular weight excluding hydrogens is 285 g/mol. The van der Waals surface area contributed by atoms with E-state index in [1.54, 1.807) is 0 Å². The summed E-state index contributed by atoms with van der Waals surface area (Å²) in [4.78, 5) is 0. The molecule has 0 fully saturated rings. The number of hydrogen-bond acceptors (Lipinski definition) is 1. The molecular formula is C20H29NP+. The first-order valence-electron chi connectivity index (χ1n) is 8.11. The fraction of sp³-hybridized carbons (Fsp3) is 0.400. The van der Waals surface area contributed by atoms with Gasteiger partial charge in [0.1, 0.15) is 18.9 Å². The van der Waals surface area contributed by atoms with Crippen LogP contribution in [-0.4, -0.2) is 23.4 Å². The Morgan fingerprint density at radius 2 is 1.36 bits per heavy atom. The van der Waals surface area contributed by atoms with Crippen LogP contribution in [0.25, 0.3) is 0 Å². The van der Waals surface area contributed by atoms with Crippen molar-refractivity contribution in [1.29, 1.82) is 0 Å². The van der Waals surface area contributed by atoms with Gasteiger partial charge in [0.05, 0.1) is 6.66 Å². The first-order valence-corrected chi connectivity index (χ1v) is 10.5. The standard InChI is InChI=1S/C20H29NP/c1-6-21(20(2,3)4)22(5,19-15-11-8-12-16-19)17-18-13-9-7-10-14-18/h7-16H,6,17H2,1-5H3/q+1. The molecule has 2 rings (SSSR count). The molecule has 0 aliphatic heterocycles. The van der Waals surface area contributed by atoms with Crippen LogP contribution in [0.3, 0.4) is 0 Å². The van der Waals surface area contributed by atoms with Crippen LogP contribution in [0.4, 0.5) is 0 Å². The van der Waals surface area contributed by atoms with E-state index in [1.807, 2.05) is 0 Å². The lowest BCUT2D eigenvalue weighted by Gasteiger charge is -2.42. The Morgan fingerprint density at radius 3 is 1.82 bits per heavy atom. The molecule has 0 amide bonds. The van der Waals surface area contributed by atoms with Crippen LogP contribution in [0, 0.1) is 0 Å². The van der Waals surface area contributed by atoms with Crippen LogP contribution in [0.15, 0.2) is 60.7 Å². The van der Waals surface area contributed by atoms with Crippen LogP contribution in [0.2, 0.25) is 0 Å². The molecule has 0 saturated carbocycles. The van der Waals surface area contributed by atoms with E-state index in [-0.39, 0.29) is 5.54 Å². The Hall–Kier alpha value is -1.17. The van der Waals surface area contributed by atoms with Crippen LogP contribution >= 0.6 is 7.41 Å². The van der Waals surface area contributed by atoms with Crippen molar-refractivity contribution in [2.24, 2.45) is 0 Å². The van der Waals surface area contributed by atoms with Gasteiger partial charge >= 0.3 is 0 Å². The highest BCUT2D eigenvalue weighted by Crippen LogP contribution is 2.62. The van der Waals surface area contributed by atoms with Crippen LogP contribution in [0.1, 0.15) is 33.3 Å². The van der Waals surface area contributed by atoms with E-state index >= 15 is 0 Å². The van der Waals surface area contributed by atoms with E-state index in [1.165, 1.54) is 10.9 Å². The van der Waals surface area contributed by atoms with Crippen molar-refractivity contribution >= 4 is 12.7 Å². The third-order valence-corrected chi connectivity index (χ3v) is 8.59. The van der Waals surface area contributed by atoms with Crippen molar-refractivity contribution in [3.63, 3.8) is 0 Å². The van der Waals surface area contributed by atoms with Crippen molar-refractivity contribution in [1.82, 2.24) is 4.67 Å². The normalized spacial score (nSPS) is 14.8. The van der Waals surface area contributed by atoms with Gasteiger partial charge in [-0.25, -0.2) is 0 Å². The maximum absolute atomic E-state index is 2.72. The van der Waals surface area contributed by atoms with E-state index in [4.69, 9.17) is 0 Å². The van der Waals surface area contributed by atoms with Crippen molar-refractivity contribution in [3.05, 3.63) is 66.2 Å². The summed E-state index contributed by atoms with van der Waals surface area (Å²) in [7, 11) is -1.44. The average molecular weight is 314 g/mol. The molecule has 1 atom stereocenters. The van der Waals surface area contributed by atoms with Gasteiger partial charge in [-0.15, -0.1) is 0 Å². The van der Waals surface area contributed by atoms with Gasteiger partial charge in [0.25, 0.3) is 0 Å². The second kappa shape index (κ2) is 6.94. The molecule has 0 heterocycles. The third kappa shape index (κ3) is 3.77. The number of rotatable bonds is 5. The molecule has 118 valence electrons. The smallest absolute Gasteiger partial charge is 0.117 e. The summed E-state index contributed by atoms with van der Waals surface area (Å²) in [6.45, 7) is 12.9. The van der Waals surface area contributed by atoms with Crippen LogP contribution < -0.4 is 5.30 Å². The predicted molar refractivity (Wildman–Crippen MR) is 101 cm³/mol. The SMILES string of the molecule is CCN(C(C)(C)C)[P+](C)(Cc1ccccc1)c1ccccc1. The van der Waals surface area contributed by atoms with Crippen molar-refractivity contribution in [2.75, 3.05) is 13.2 Å². The minimum atomic E-state index is -1.44. The molecule has 0 N–H and O–H groups in total. The summed E-state index contributed by atoms with van der Waals surface area (Å²) in [6.07, 6.45) is 1.13. The van der Waals surface area contributed by atoms with Gasteiger partial charge in [-0.05, 0) is 45.4 Å². The molecule has 22 heavy (non-hydrogen) atoms. The molecule has 2 heteroatoms. The summed E-state index contributed by atoms with van der Waals surface area (Å²) >= 11 is 0. The Morgan fingerprint density at radius 1 is 0.864 bits per heavy atom. The molecule has 0 bridgehead atoms. The first kappa shape index (κ1) is 17.2. The van der Waals surface area contributed by atoms with E-state index in [0.717, 1.165) is 12.7 Å². The molecule has 2 aromatic carbocycles. The average Bonchev–Trinajstić information content (AvgIpc) is 2.48. The fourth-order valence-corrected chi connectivity index (χ4v) is 7.77. The summed E-state index contributed by atoms with van der Waals surface area (Å²) in [6, 6.07) is 22.0. The lowest BCUT2D eigenvalue weighted by Crippen LogP contribution is -2.44. The van der Waals surface area contributed by atoms with Crippen molar-refractivity contribution in [2.45, 2.75) is 39.4 Å². The summed E-state index contributed by atoms with van der Waals surface area (Å²) in [5.41, 5.74) is 1.60. The first-order chi connectivity index (χ1) is 10.4. The second-order valence-electron chi connectivity index (χ2n) is 7.01. The van der Waals surface area contributed by atoms with Crippen LogP contribution in [-0.2, 0) is 6.16 Å². The van der Waals surface area contributed by atoms with Gasteiger partial charge < -0.3 is 0 Å². The Balaban J connectivity index is 2.49. The van der Waals surface area contributed by atoms with Crippen molar-refractivity contribution in [3.8, 4) is 0 Å². The van der Waals surface area contributed by atoms with Crippen molar-refractivity contribution < 1.29 is 0 Å². The highest BCUT2D eigenvalue weighted by Gasteiger charge is 2.46. The van der Waals surface area contributed by atoms with E-state index in [9.17, 15) is 0 Å². The summed E-state index contributed by atoms with van der Waals surface area (Å²) in [5.74, 6) is 0. The molecule has 0 aliphatic carbocycles. The zero-order valence-corrected chi connectivity index (χ0v) is 15.5. The van der Waals surface area contributed by atoms with Gasteiger partial charge in [-0.3, -0.25) is 0 Å². The minimum absolute atomic E-state index is 0.169. The number of benzene rings is 2. The maximum Gasteiger partial charge on any atom is 0.117 e. The molecule has 0 radical (unpaired) electrons. The quantitative estimate of drug-likeness (QED) is 0.686. The zero-order valence-electron chi connectivity index (χ0n) is 14.6. The maximum atomic E-state index is 2.72. The van der Waals surface area contributed by atoms with Gasteiger partial charge in [-0.1, -0.05) is 48.5 Å². The molecule has 0 saturated heterocycles. The largest absolute Gasteiger partial charge is 0.170 e. The molecule has 0 aromatic heterocycles. The molecule has 2 aromatic rings. The Kier molecular flexibility index (Phi) is 5.42. The predicted octanol–water partition coefficient (Wildman–Crippen LogP) is 5.19. The van der Waals surface area contributed by atoms with E-state index in [2.05, 4.69) is 99.7 Å². The lowest BCUT2D eigenvalue weighted by atomic mass is 10.1. The molecule has 1 unspecified atom stereocenters. The van der Waals surface area contributed by atoms with E-state index in [0.29, 0.717) is 0 Å². The van der Waals surface area contributed by atoms with Gasteiger partial charge in [0, 0.05) is 12.1 Å². The minimum Gasteiger partial charge on any atom is -0.170 e. The van der Waals surface area contributed by atoms with Crippen LogP contribution in [0.5, 0.6) is 0 Å². The zero-order chi connectivity index (χ0) is 16.2. The lowest BCUT2D eigenvalue weighted by molar-refractivity contribution is 0.271. The topological polar surface area (TPSA) is 3.24 Å². The van der Waals surface area contributed by atoms with Gasteiger partial charge in [0.15, 0.2) is 0 Å². The van der Waals surface area contributed by atoms with Gasteiger partial charge in [-0.2, -0.15) is 4.67 Å². The monoisotopic (exact) mass is 314 g/mol. The molecule has 1 nitrogen and oxygen atoms in total. The molecule has 0 spiro atoms. The highest BCUT2D eigenvalue weighted by molar-refractivity contribution is 7.79.